The highest BCUT2D eigenvalue weighted by Crippen LogP contribution is 2.22. The number of hydrogen-bond donors (Lipinski definition) is 1. The lowest BCUT2D eigenvalue weighted by Gasteiger charge is -2.37. The van der Waals surface area contributed by atoms with Crippen molar-refractivity contribution in [1.29, 1.82) is 0 Å². The molecule has 2 heterocycles. The van der Waals surface area contributed by atoms with Crippen LogP contribution in [0, 0.1) is 0 Å². The van der Waals surface area contributed by atoms with Crippen LogP contribution in [0.2, 0.25) is 0 Å². The van der Waals surface area contributed by atoms with Gasteiger partial charge >= 0.3 is 0 Å². The number of nitrogens with one attached hydrogen (secondary N) is 1. The summed E-state index contributed by atoms with van der Waals surface area (Å²) in [7, 11) is 0. The molecule has 0 spiro atoms. The summed E-state index contributed by atoms with van der Waals surface area (Å²) >= 11 is 0. The maximum Gasteiger partial charge on any atom is 0.0991 e. The Labute approximate surface area is 67.1 Å². The summed E-state index contributed by atoms with van der Waals surface area (Å²) in [6, 6.07) is 0.433. The summed E-state index contributed by atoms with van der Waals surface area (Å²) in [5.41, 5.74) is -0.0190. The zero-order chi connectivity index (χ0) is 7.90. The molecule has 0 aromatic carbocycles. The summed E-state index contributed by atoms with van der Waals surface area (Å²) in [4.78, 5) is 0. The molecule has 2 aliphatic rings. The van der Waals surface area contributed by atoms with Crippen molar-refractivity contribution in [3.05, 3.63) is 0 Å². The van der Waals surface area contributed by atoms with Crippen molar-refractivity contribution < 1.29 is 9.47 Å². The van der Waals surface area contributed by atoms with Crippen molar-refractivity contribution >= 4 is 0 Å². The molecule has 11 heavy (non-hydrogen) atoms. The molecule has 1 N–H and O–H groups in total. The molecule has 64 valence electrons. The second-order valence-electron chi connectivity index (χ2n) is 3.94. The molecule has 3 nitrogen and oxygen atoms in total. The first kappa shape index (κ1) is 7.53. The molecule has 0 bridgehead atoms. The smallest absolute Gasteiger partial charge is 0.0991 e. The fourth-order valence-corrected chi connectivity index (χ4v) is 1.67. The maximum absolute atomic E-state index is 5.81. The van der Waals surface area contributed by atoms with Gasteiger partial charge in [0.05, 0.1) is 31.0 Å². The van der Waals surface area contributed by atoms with Crippen molar-refractivity contribution in [1.82, 2.24) is 5.32 Å². The van der Waals surface area contributed by atoms with Gasteiger partial charge in [0.25, 0.3) is 0 Å². The topological polar surface area (TPSA) is 30.5 Å². The van der Waals surface area contributed by atoms with E-state index in [1.807, 2.05) is 0 Å². The van der Waals surface area contributed by atoms with Crippen LogP contribution in [0.5, 0.6) is 0 Å². The second kappa shape index (κ2) is 2.44. The Morgan fingerprint density at radius 2 is 2.18 bits per heavy atom. The van der Waals surface area contributed by atoms with E-state index in [9.17, 15) is 0 Å². The molecular weight excluding hydrogens is 142 g/mol. The lowest BCUT2D eigenvalue weighted by Crippen LogP contribution is -2.56. The molecule has 2 atom stereocenters. The van der Waals surface area contributed by atoms with Crippen LogP contribution in [-0.4, -0.2) is 37.5 Å². The minimum Gasteiger partial charge on any atom is -0.377 e. The average Bonchev–Trinajstić information content (AvgIpc) is 2.31. The minimum atomic E-state index is -0.0190. The monoisotopic (exact) mass is 157 g/mol. The zero-order valence-electron chi connectivity index (χ0n) is 7.09. The molecule has 0 saturated carbocycles. The SMILES string of the molecule is CC1(C)CNC2COCC2O1. The lowest BCUT2D eigenvalue weighted by atomic mass is 10.0. The highest BCUT2D eigenvalue weighted by Gasteiger charge is 2.38. The van der Waals surface area contributed by atoms with Crippen LogP contribution in [-0.2, 0) is 9.47 Å². The van der Waals surface area contributed by atoms with E-state index in [4.69, 9.17) is 9.47 Å². The Balaban J connectivity index is 2.02. The maximum atomic E-state index is 5.81. The Bertz CT molecular complexity index is 158. The summed E-state index contributed by atoms with van der Waals surface area (Å²) in [5.74, 6) is 0. The highest BCUT2D eigenvalue weighted by atomic mass is 16.6. The first-order valence-electron chi connectivity index (χ1n) is 4.16. The predicted octanol–water partition coefficient (Wildman–Crippen LogP) is 0.152. The van der Waals surface area contributed by atoms with Crippen molar-refractivity contribution in [3.8, 4) is 0 Å². The number of hydrogen-bond acceptors (Lipinski definition) is 3. The Morgan fingerprint density at radius 3 is 3.00 bits per heavy atom. The van der Waals surface area contributed by atoms with Gasteiger partial charge in [-0.15, -0.1) is 0 Å². The van der Waals surface area contributed by atoms with Crippen molar-refractivity contribution in [2.75, 3.05) is 19.8 Å². The number of morpholine rings is 1. The third-order valence-electron chi connectivity index (χ3n) is 2.29. The van der Waals surface area contributed by atoms with Gasteiger partial charge in [0.2, 0.25) is 0 Å². The molecule has 2 aliphatic heterocycles. The van der Waals surface area contributed by atoms with Gasteiger partial charge in [-0.1, -0.05) is 0 Å². The molecular formula is C8H15NO2. The number of rotatable bonds is 0. The van der Waals surface area contributed by atoms with E-state index in [0.717, 1.165) is 19.8 Å². The third-order valence-corrected chi connectivity index (χ3v) is 2.29. The normalized spacial score (nSPS) is 42.0. The fourth-order valence-electron chi connectivity index (χ4n) is 1.67. The largest absolute Gasteiger partial charge is 0.377 e. The van der Waals surface area contributed by atoms with Crippen molar-refractivity contribution in [2.45, 2.75) is 31.6 Å². The van der Waals surface area contributed by atoms with Gasteiger partial charge in [-0.3, -0.25) is 0 Å². The zero-order valence-corrected chi connectivity index (χ0v) is 7.09. The van der Waals surface area contributed by atoms with Crippen LogP contribution >= 0.6 is 0 Å². The molecule has 3 heteroatoms. The van der Waals surface area contributed by atoms with Gasteiger partial charge in [-0.2, -0.15) is 0 Å². The molecule has 0 radical (unpaired) electrons. The van der Waals surface area contributed by atoms with E-state index in [0.29, 0.717) is 6.04 Å². The van der Waals surface area contributed by atoms with Crippen LogP contribution in [0.25, 0.3) is 0 Å². The van der Waals surface area contributed by atoms with E-state index in [2.05, 4.69) is 19.2 Å². The van der Waals surface area contributed by atoms with Crippen LogP contribution in [0.15, 0.2) is 0 Å². The molecule has 0 amide bonds. The molecule has 2 unspecified atom stereocenters. The van der Waals surface area contributed by atoms with Crippen LogP contribution in [0.4, 0.5) is 0 Å². The molecule has 0 aromatic heterocycles. The van der Waals surface area contributed by atoms with E-state index in [-0.39, 0.29) is 11.7 Å². The average molecular weight is 157 g/mol. The van der Waals surface area contributed by atoms with Crippen LogP contribution in [0.3, 0.4) is 0 Å². The Morgan fingerprint density at radius 1 is 1.36 bits per heavy atom. The number of ether oxygens (including phenoxy) is 2. The summed E-state index contributed by atoms with van der Waals surface area (Å²) in [6.45, 7) is 6.70. The van der Waals surface area contributed by atoms with Gasteiger partial charge in [-0.25, -0.2) is 0 Å². The molecule has 2 fully saturated rings. The van der Waals surface area contributed by atoms with Gasteiger partial charge in [0.1, 0.15) is 0 Å². The first-order chi connectivity index (χ1) is 5.17. The predicted molar refractivity (Wildman–Crippen MR) is 41.6 cm³/mol. The first-order valence-corrected chi connectivity index (χ1v) is 4.16. The standard InChI is InChI=1S/C8H15NO2/c1-8(2)5-9-6-3-10-4-7(6)11-8/h6-7,9H,3-5H2,1-2H3. The van der Waals surface area contributed by atoms with Crippen LogP contribution in [0.1, 0.15) is 13.8 Å². The van der Waals surface area contributed by atoms with E-state index in [1.54, 1.807) is 0 Å². The second-order valence-corrected chi connectivity index (χ2v) is 3.94. The van der Waals surface area contributed by atoms with Crippen molar-refractivity contribution in [2.24, 2.45) is 0 Å². The summed E-state index contributed by atoms with van der Waals surface area (Å²) in [5, 5.41) is 3.42. The van der Waals surface area contributed by atoms with E-state index < -0.39 is 0 Å². The van der Waals surface area contributed by atoms with Gasteiger partial charge in [0, 0.05) is 6.54 Å². The molecule has 0 aliphatic carbocycles. The van der Waals surface area contributed by atoms with Crippen LogP contribution < -0.4 is 5.32 Å². The summed E-state index contributed by atoms with van der Waals surface area (Å²) in [6.07, 6.45) is 0.277. The quantitative estimate of drug-likeness (QED) is 0.543. The van der Waals surface area contributed by atoms with Crippen molar-refractivity contribution in [3.63, 3.8) is 0 Å². The molecule has 2 rings (SSSR count). The van der Waals surface area contributed by atoms with Gasteiger partial charge in [0.15, 0.2) is 0 Å². The molecule has 0 aromatic rings. The Kier molecular flexibility index (Phi) is 1.67. The van der Waals surface area contributed by atoms with Gasteiger partial charge in [-0.05, 0) is 13.8 Å². The molecule has 2 saturated heterocycles. The number of fused-ring (bicyclic) bond motifs is 1. The lowest BCUT2D eigenvalue weighted by molar-refractivity contribution is -0.103. The van der Waals surface area contributed by atoms with E-state index >= 15 is 0 Å². The Hall–Kier alpha value is -0.120. The highest BCUT2D eigenvalue weighted by molar-refractivity contribution is 4.91. The third kappa shape index (κ3) is 1.41. The summed E-state index contributed by atoms with van der Waals surface area (Å²) < 4.78 is 11.1. The van der Waals surface area contributed by atoms with E-state index in [1.165, 1.54) is 0 Å². The fraction of sp³-hybridized carbons (Fsp3) is 1.00. The minimum absolute atomic E-state index is 0.0190. The van der Waals surface area contributed by atoms with Gasteiger partial charge < -0.3 is 14.8 Å².